The van der Waals surface area contributed by atoms with Gasteiger partial charge in [0.05, 0.1) is 5.69 Å². The predicted molar refractivity (Wildman–Crippen MR) is 83.4 cm³/mol. The molecule has 0 aliphatic rings. The number of nitrogens with zero attached hydrogens (tertiary/aromatic N) is 2. The summed E-state index contributed by atoms with van der Waals surface area (Å²) in [5.74, 6) is 0.00505. The van der Waals surface area contributed by atoms with E-state index in [1.165, 1.54) is 0 Å². The van der Waals surface area contributed by atoms with E-state index in [1.54, 1.807) is 24.5 Å². The molecule has 0 saturated heterocycles. The number of hydrogen-bond acceptors (Lipinski definition) is 3. The molecule has 0 amide bonds. The first-order valence-corrected chi connectivity index (χ1v) is 6.86. The Kier molecular flexibility index (Phi) is 3.54. The van der Waals surface area contributed by atoms with Gasteiger partial charge in [-0.1, -0.05) is 18.2 Å². The smallest absolute Gasteiger partial charge is 0.209 e. The molecule has 106 valence electrons. The van der Waals surface area contributed by atoms with Crippen molar-refractivity contribution >= 4 is 16.7 Å². The third kappa shape index (κ3) is 2.58. The van der Waals surface area contributed by atoms with Crippen molar-refractivity contribution in [1.29, 1.82) is 0 Å². The number of H-pyrrole nitrogens is 1. The van der Waals surface area contributed by atoms with Crippen molar-refractivity contribution in [2.24, 2.45) is 0 Å². The summed E-state index contributed by atoms with van der Waals surface area (Å²) < 4.78 is 0. The van der Waals surface area contributed by atoms with Gasteiger partial charge in [-0.25, -0.2) is 0 Å². The largest absolute Gasteiger partial charge is 0.352 e. The van der Waals surface area contributed by atoms with Crippen LogP contribution in [0.15, 0.2) is 48.8 Å². The first-order chi connectivity index (χ1) is 10.2. The maximum atomic E-state index is 12.7. The Morgan fingerprint density at radius 3 is 2.57 bits per heavy atom. The summed E-state index contributed by atoms with van der Waals surface area (Å²) in [6, 6.07) is 11.5. The lowest BCUT2D eigenvalue weighted by Crippen LogP contribution is -2.14. The summed E-state index contributed by atoms with van der Waals surface area (Å²) in [5.41, 5.74) is 3.34. The summed E-state index contributed by atoms with van der Waals surface area (Å²) in [6.07, 6.45) is 3.28. The number of aromatic nitrogens is 2. The molecule has 1 N–H and O–H groups in total. The maximum absolute atomic E-state index is 12.7. The van der Waals surface area contributed by atoms with E-state index in [9.17, 15) is 4.79 Å². The monoisotopic (exact) mass is 279 g/mol. The van der Waals surface area contributed by atoms with Gasteiger partial charge < -0.3 is 9.88 Å². The molecule has 4 nitrogen and oxygen atoms in total. The molecule has 0 aliphatic carbocycles. The SMILES string of the molecule is CN(C)Cc1c(C(=O)c2ccncc2)[nH]c2ccccc12. The van der Waals surface area contributed by atoms with E-state index in [4.69, 9.17) is 0 Å². The highest BCUT2D eigenvalue weighted by atomic mass is 16.1. The molecule has 0 atom stereocenters. The number of carbonyl (C=O) groups is 1. The molecule has 0 fully saturated rings. The van der Waals surface area contributed by atoms with Crippen molar-refractivity contribution in [2.75, 3.05) is 14.1 Å². The molecule has 0 radical (unpaired) electrons. The Labute approximate surface area is 123 Å². The van der Waals surface area contributed by atoms with Crippen LogP contribution in [0.25, 0.3) is 10.9 Å². The molecule has 3 aromatic rings. The molecular weight excluding hydrogens is 262 g/mol. The minimum absolute atomic E-state index is 0.00505. The van der Waals surface area contributed by atoms with E-state index in [2.05, 4.69) is 14.9 Å². The zero-order valence-corrected chi connectivity index (χ0v) is 12.1. The number of hydrogen-bond donors (Lipinski definition) is 1. The van der Waals surface area contributed by atoms with E-state index in [1.807, 2.05) is 38.4 Å². The fraction of sp³-hybridized carbons (Fsp3) is 0.176. The van der Waals surface area contributed by atoms with E-state index in [0.717, 1.165) is 23.0 Å². The zero-order valence-electron chi connectivity index (χ0n) is 12.1. The Morgan fingerprint density at radius 2 is 1.86 bits per heavy atom. The second-order valence-corrected chi connectivity index (χ2v) is 5.33. The Balaban J connectivity index is 2.15. The lowest BCUT2D eigenvalue weighted by Gasteiger charge is -2.10. The Hall–Kier alpha value is -2.46. The fourth-order valence-electron chi connectivity index (χ4n) is 2.52. The first kappa shape index (κ1) is 13.5. The second-order valence-electron chi connectivity index (χ2n) is 5.33. The van der Waals surface area contributed by atoms with Crippen molar-refractivity contribution in [3.05, 3.63) is 65.6 Å². The second kappa shape index (κ2) is 5.50. The number of ketones is 1. The van der Waals surface area contributed by atoms with Crippen LogP contribution in [-0.2, 0) is 6.54 Å². The number of nitrogens with one attached hydrogen (secondary N) is 1. The number of fused-ring (bicyclic) bond motifs is 1. The van der Waals surface area contributed by atoms with Gasteiger partial charge in [0.1, 0.15) is 0 Å². The van der Waals surface area contributed by atoms with Gasteiger partial charge in [-0.05, 0) is 32.3 Å². The molecule has 0 bridgehead atoms. The van der Waals surface area contributed by atoms with Crippen LogP contribution in [-0.4, -0.2) is 34.7 Å². The van der Waals surface area contributed by atoms with Crippen LogP contribution in [0.4, 0.5) is 0 Å². The molecular formula is C17H17N3O. The summed E-state index contributed by atoms with van der Waals surface area (Å²) in [7, 11) is 4.00. The molecule has 1 aromatic carbocycles. The van der Waals surface area contributed by atoms with Crippen LogP contribution < -0.4 is 0 Å². The van der Waals surface area contributed by atoms with Gasteiger partial charge in [-0.3, -0.25) is 9.78 Å². The van der Waals surface area contributed by atoms with Crippen LogP contribution in [0, 0.1) is 0 Å². The summed E-state index contributed by atoms with van der Waals surface area (Å²) in [6.45, 7) is 0.718. The standard InChI is InChI=1S/C17H17N3O/c1-20(2)11-14-13-5-3-4-6-15(13)19-16(14)17(21)12-7-9-18-10-8-12/h3-10,19H,11H2,1-2H3. The van der Waals surface area contributed by atoms with Crippen molar-refractivity contribution in [2.45, 2.75) is 6.54 Å². The third-order valence-electron chi connectivity index (χ3n) is 3.46. The molecule has 3 rings (SSSR count). The molecule has 0 spiro atoms. The minimum Gasteiger partial charge on any atom is -0.352 e. The van der Waals surface area contributed by atoms with Crippen LogP contribution in [0.5, 0.6) is 0 Å². The van der Waals surface area contributed by atoms with Crippen molar-refractivity contribution in [3.63, 3.8) is 0 Å². The molecule has 0 unspecified atom stereocenters. The lowest BCUT2D eigenvalue weighted by atomic mass is 10.0. The van der Waals surface area contributed by atoms with Crippen LogP contribution in [0.3, 0.4) is 0 Å². The first-order valence-electron chi connectivity index (χ1n) is 6.86. The predicted octanol–water partition coefficient (Wildman–Crippen LogP) is 2.86. The van der Waals surface area contributed by atoms with Gasteiger partial charge >= 0.3 is 0 Å². The number of aromatic amines is 1. The van der Waals surface area contributed by atoms with Crippen LogP contribution >= 0.6 is 0 Å². The molecule has 21 heavy (non-hydrogen) atoms. The number of carbonyl (C=O) groups excluding carboxylic acids is 1. The van der Waals surface area contributed by atoms with Crippen molar-refractivity contribution in [3.8, 4) is 0 Å². The minimum atomic E-state index is 0.00505. The highest BCUT2D eigenvalue weighted by Gasteiger charge is 2.19. The topological polar surface area (TPSA) is 49.0 Å². The fourth-order valence-corrected chi connectivity index (χ4v) is 2.52. The average molecular weight is 279 g/mol. The van der Waals surface area contributed by atoms with Crippen molar-refractivity contribution < 1.29 is 4.79 Å². The third-order valence-corrected chi connectivity index (χ3v) is 3.46. The molecule has 0 saturated carbocycles. The van der Waals surface area contributed by atoms with Gasteiger partial charge in [0, 0.05) is 41.0 Å². The highest BCUT2D eigenvalue weighted by molar-refractivity contribution is 6.11. The van der Waals surface area contributed by atoms with Gasteiger partial charge in [-0.2, -0.15) is 0 Å². The summed E-state index contributed by atoms with van der Waals surface area (Å²) in [5, 5.41) is 1.10. The van der Waals surface area contributed by atoms with Gasteiger partial charge in [-0.15, -0.1) is 0 Å². The van der Waals surface area contributed by atoms with Gasteiger partial charge in [0.25, 0.3) is 0 Å². The van der Waals surface area contributed by atoms with E-state index in [-0.39, 0.29) is 5.78 Å². The Bertz CT molecular complexity index is 775. The molecule has 2 aromatic heterocycles. The van der Waals surface area contributed by atoms with Crippen LogP contribution in [0.1, 0.15) is 21.6 Å². The molecule has 2 heterocycles. The lowest BCUT2D eigenvalue weighted by molar-refractivity contribution is 0.103. The molecule has 4 heteroatoms. The van der Waals surface area contributed by atoms with E-state index < -0.39 is 0 Å². The normalized spacial score (nSPS) is 11.2. The quantitative estimate of drug-likeness (QED) is 0.747. The Morgan fingerprint density at radius 1 is 1.14 bits per heavy atom. The zero-order chi connectivity index (χ0) is 14.8. The molecule has 0 aliphatic heterocycles. The average Bonchev–Trinajstić information content (AvgIpc) is 2.86. The van der Waals surface area contributed by atoms with E-state index in [0.29, 0.717) is 11.3 Å². The summed E-state index contributed by atoms with van der Waals surface area (Å²) in [4.78, 5) is 22.0. The highest BCUT2D eigenvalue weighted by Crippen LogP contribution is 2.25. The van der Waals surface area contributed by atoms with E-state index >= 15 is 0 Å². The van der Waals surface area contributed by atoms with Crippen LogP contribution in [0.2, 0.25) is 0 Å². The number of para-hydroxylation sites is 1. The van der Waals surface area contributed by atoms with Crippen molar-refractivity contribution in [1.82, 2.24) is 14.9 Å². The van der Waals surface area contributed by atoms with Gasteiger partial charge in [0.15, 0.2) is 0 Å². The summed E-state index contributed by atoms with van der Waals surface area (Å²) >= 11 is 0. The number of pyridine rings is 1. The maximum Gasteiger partial charge on any atom is 0.209 e. The number of rotatable bonds is 4. The van der Waals surface area contributed by atoms with Gasteiger partial charge in [0.2, 0.25) is 5.78 Å². The number of benzene rings is 1.